The molecule has 1 aliphatic rings. The molecule has 0 aromatic carbocycles. The first kappa shape index (κ1) is 11.6. The van der Waals surface area contributed by atoms with E-state index >= 15 is 0 Å². The molecular weight excluding hydrogens is 272 g/mol. The molecule has 4 N–H and O–H groups in total. The fourth-order valence-electron chi connectivity index (χ4n) is 2.24. The highest BCUT2D eigenvalue weighted by Gasteiger charge is 2.25. The molecule has 1 aromatic rings. The summed E-state index contributed by atoms with van der Waals surface area (Å²) < 4.78 is 1.14. The molecule has 0 bridgehead atoms. The van der Waals surface area contributed by atoms with Crippen LogP contribution in [0, 0.1) is 5.92 Å². The standard InChI is InChI=1S/C11H17BrN2S/c12-8-5-10(15-6-8)11(14)7-1-3-9(13)4-2-7/h5-7,9,11H,1-4,13-14H2. The molecule has 1 aliphatic carbocycles. The maximum Gasteiger partial charge on any atom is 0.0418 e. The topological polar surface area (TPSA) is 52.0 Å². The third-order valence-corrected chi connectivity index (χ3v) is 5.04. The molecule has 15 heavy (non-hydrogen) atoms. The van der Waals surface area contributed by atoms with Crippen LogP contribution in [0.3, 0.4) is 0 Å². The molecular formula is C11H17BrN2S. The number of rotatable bonds is 2. The lowest BCUT2D eigenvalue weighted by atomic mass is 9.82. The second kappa shape index (κ2) is 4.95. The summed E-state index contributed by atoms with van der Waals surface area (Å²) in [6.07, 6.45) is 4.62. The van der Waals surface area contributed by atoms with Crippen LogP contribution in [0.5, 0.6) is 0 Å². The maximum atomic E-state index is 6.28. The molecule has 0 radical (unpaired) electrons. The van der Waals surface area contributed by atoms with Gasteiger partial charge < -0.3 is 11.5 Å². The number of hydrogen-bond donors (Lipinski definition) is 2. The van der Waals surface area contributed by atoms with Gasteiger partial charge in [-0.05, 0) is 53.6 Å². The average Bonchev–Trinajstić information content (AvgIpc) is 2.65. The molecule has 2 rings (SSSR count). The number of halogens is 1. The summed E-state index contributed by atoms with van der Waals surface area (Å²) in [7, 11) is 0. The predicted molar refractivity (Wildman–Crippen MR) is 68.9 cm³/mol. The van der Waals surface area contributed by atoms with Gasteiger partial charge in [-0.25, -0.2) is 0 Å². The molecule has 0 saturated heterocycles. The molecule has 1 saturated carbocycles. The Morgan fingerprint density at radius 1 is 1.33 bits per heavy atom. The van der Waals surface area contributed by atoms with E-state index in [0.29, 0.717) is 12.0 Å². The molecule has 84 valence electrons. The minimum absolute atomic E-state index is 0.203. The van der Waals surface area contributed by atoms with Crippen molar-refractivity contribution < 1.29 is 0 Å². The summed E-state index contributed by atoms with van der Waals surface area (Å²) in [6, 6.07) is 2.75. The van der Waals surface area contributed by atoms with Crippen LogP contribution >= 0.6 is 27.3 Å². The number of nitrogens with two attached hydrogens (primary N) is 2. The molecule has 1 unspecified atom stereocenters. The van der Waals surface area contributed by atoms with E-state index in [1.54, 1.807) is 11.3 Å². The van der Waals surface area contributed by atoms with Crippen LogP contribution in [0.1, 0.15) is 36.6 Å². The summed E-state index contributed by atoms with van der Waals surface area (Å²) in [5.41, 5.74) is 12.2. The van der Waals surface area contributed by atoms with Crippen LogP contribution in [0.2, 0.25) is 0 Å². The minimum atomic E-state index is 0.203. The Hall–Kier alpha value is 0.1000. The van der Waals surface area contributed by atoms with Crippen LogP contribution in [0.25, 0.3) is 0 Å². The van der Waals surface area contributed by atoms with Gasteiger partial charge >= 0.3 is 0 Å². The van der Waals surface area contributed by atoms with Crippen LogP contribution in [0.15, 0.2) is 15.9 Å². The lowest BCUT2D eigenvalue weighted by Crippen LogP contribution is -2.31. The number of hydrogen-bond acceptors (Lipinski definition) is 3. The number of thiophene rings is 1. The van der Waals surface area contributed by atoms with Crippen molar-refractivity contribution in [1.29, 1.82) is 0 Å². The van der Waals surface area contributed by atoms with Gasteiger partial charge in [-0.15, -0.1) is 11.3 Å². The minimum Gasteiger partial charge on any atom is -0.328 e. The molecule has 2 nitrogen and oxygen atoms in total. The fourth-order valence-corrected chi connectivity index (χ4v) is 3.78. The Bertz CT molecular complexity index is 318. The highest BCUT2D eigenvalue weighted by Crippen LogP contribution is 2.35. The third-order valence-electron chi connectivity index (χ3n) is 3.24. The van der Waals surface area contributed by atoms with Crippen molar-refractivity contribution >= 4 is 27.3 Å². The van der Waals surface area contributed by atoms with Gasteiger partial charge in [-0.2, -0.15) is 0 Å². The molecule has 0 spiro atoms. The second-order valence-corrected chi connectivity index (χ2v) is 6.23. The largest absolute Gasteiger partial charge is 0.328 e. The highest BCUT2D eigenvalue weighted by atomic mass is 79.9. The first-order valence-corrected chi connectivity index (χ1v) is 7.09. The third kappa shape index (κ3) is 2.81. The molecule has 1 heterocycles. The fraction of sp³-hybridized carbons (Fsp3) is 0.636. The van der Waals surface area contributed by atoms with E-state index in [1.807, 2.05) is 0 Å². The molecule has 0 amide bonds. The lowest BCUT2D eigenvalue weighted by molar-refractivity contribution is 0.287. The Balaban J connectivity index is 1.99. The van der Waals surface area contributed by atoms with E-state index in [0.717, 1.165) is 17.3 Å². The molecule has 1 atom stereocenters. The highest BCUT2D eigenvalue weighted by molar-refractivity contribution is 9.10. The Morgan fingerprint density at radius 3 is 2.53 bits per heavy atom. The molecule has 4 heteroatoms. The first-order valence-electron chi connectivity index (χ1n) is 5.42. The van der Waals surface area contributed by atoms with E-state index in [2.05, 4.69) is 27.4 Å². The van der Waals surface area contributed by atoms with E-state index in [1.165, 1.54) is 17.7 Å². The van der Waals surface area contributed by atoms with Gasteiger partial charge in [0, 0.05) is 26.8 Å². The quantitative estimate of drug-likeness (QED) is 0.879. The van der Waals surface area contributed by atoms with E-state index in [-0.39, 0.29) is 6.04 Å². The summed E-state index contributed by atoms with van der Waals surface area (Å²) in [6.45, 7) is 0. The first-order chi connectivity index (χ1) is 7.16. The summed E-state index contributed by atoms with van der Waals surface area (Å²) in [5, 5.41) is 2.10. The van der Waals surface area contributed by atoms with Crippen molar-refractivity contribution in [2.45, 2.75) is 37.8 Å². The van der Waals surface area contributed by atoms with Crippen molar-refractivity contribution in [1.82, 2.24) is 0 Å². The zero-order valence-corrected chi connectivity index (χ0v) is 11.1. The van der Waals surface area contributed by atoms with Crippen molar-refractivity contribution in [3.63, 3.8) is 0 Å². The lowest BCUT2D eigenvalue weighted by Gasteiger charge is -2.29. The summed E-state index contributed by atoms with van der Waals surface area (Å²) in [5.74, 6) is 0.621. The van der Waals surface area contributed by atoms with Crippen LogP contribution in [-0.4, -0.2) is 6.04 Å². The van der Waals surface area contributed by atoms with Crippen LogP contribution in [0.4, 0.5) is 0 Å². The zero-order chi connectivity index (χ0) is 10.8. The van der Waals surface area contributed by atoms with Crippen molar-refractivity contribution in [3.8, 4) is 0 Å². The smallest absolute Gasteiger partial charge is 0.0418 e. The van der Waals surface area contributed by atoms with E-state index in [4.69, 9.17) is 11.5 Å². The van der Waals surface area contributed by atoms with Crippen molar-refractivity contribution in [2.24, 2.45) is 17.4 Å². The Morgan fingerprint density at radius 2 is 2.00 bits per heavy atom. The van der Waals surface area contributed by atoms with E-state index in [9.17, 15) is 0 Å². The van der Waals surface area contributed by atoms with Gasteiger partial charge in [0.2, 0.25) is 0 Å². The van der Waals surface area contributed by atoms with Crippen LogP contribution < -0.4 is 11.5 Å². The van der Waals surface area contributed by atoms with Gasteiger partial charge in [0.25, 0.3) is 0 Å². The normalized spacial score (nSPS) is 29.0. The predicted octanol–water partition coefficient (Wildman–Crippen LogP) is 3.03. The van der Waals surface area contributed by atoms with Crippen molar-refractivity contribution in [2.75, 3.05) is 0 Å². The maximum absolute atomic E-state index is 6.28. The SMILES string of the molecule is NC1CCC(C(N)c2cc(Br)cs2)CC1. The Labute approximate surface area is 103 Å². The Kier molecular flexibility index (Phi) is 3.83. The van der Waals surface area contributed by atoms with Gasteiger partial charge in [-0.1, -0.05) is 0 Å². The molecule has 0 aliphatic heterocycles. The van der Waals surface area contributed by atoms with Gasteiger partial charge in [-0.3, -0.25) is 0 Å². The monoisotopic (exact) mass is 288 g/mol. The second-order valence-electron chi connectivity index (χ2n) is 4.37. The summed E-state index contributed by atoms with van der Waals surface area (Å²) in [4.78, 5) is 1.29. The summed E-state index contributed by atoms with van der Waals surface area (Å²) >= 11 is 5.22. The van der Waals surface area contributed by atoms with Gasteiger partial charge in [0.15, 0.2) is 0 Å². The van der Waals surface area contributed by atoms with Gasteiger partial charge in [0.05, 0.1) is 0 Å². The average molecular weight is 289 g/mol. The zero-order valence-electron chi connectivity index (χ0n) is 8.66. The molecule has 1 fully saturated rings. The van der Waals surface area contributed by atoms with Gasteiger partial charge in [0.1, 0.15) is 0 Å². The van der Waals surface area contributed by atoms with Crippen LogP contribution in [-0.2, 0) is 0 Å². The van der Waals surface area contributed by atoms with E-state index < -0.39 is 0 Å². The van der Waals surface area contributed by atoms with Crippen molar-refractivity contribution in [3.05, 3.63) is 20.8 Å². The molecule has 1 aromatic heterocycles.